The maximum atomic E-state index is 14.6. The summed E-state index contributed by atoms with van der Waals surface area (Å²) in [4.78, 5) is 43.6. The maximum absolute atomic E-state index is 14.6. The largest absolute Gasteiger partial charge is 0.478 e. The molecule has 1 saturated heterocycles. The van der Waals surface area contributed by atoms with Gasteiger partial charge in [0.15, 0.2) is 17.2 Å². The van der Waals surface area contributed by atoms with Gasteiger partial charge >= 0.3 is 11.9 Å². The first kappa shape index (κ1) is 30.9. The Kier molecular flexibility index (Phi) is 9.34. The number of carboxylic acids is 1. The minimum atomic E-state index is -1.06. The quantitative estimate of drug-likeness (QED) is 0.139. The second-order valence-corrected chi connectivity index (χ2v) is 11.6. The van der Waals surface area contributed by atoms with Gasteiger partial charge in [-0.2, -0.15) is 4.73 Å². The van der Waals surface area contributed by atoms with E-state index in [1.807, 2.05) is 48.5 Å². The molecule has 0 bridgehead atoms. The Morgan fingerprint density at radius 1 is 0.935 bits per heavy atom. The number of imidazole rings is 1. The van der Waals surface area contributed by atoms with Crippen LogP contribution in [0.3, 0.4) is 0 Å². The van der Waals surface area contributed by atoms with Gasteiger partial charge in [0.1, 0.15) is 11.3 Å². The van der Waals surface area contributed by atoms with E-state index in [0.717, 1.165) is 38.5 Å². The first-order chi connectivity index (χ1) is 22.5. The maximum Gasteiger partial charge on any atom is 0.356 e. The number of H-pyrrole nitrogens is 1. The molecule has 0 radical (unpaired) electrons. The summed E-state index contributed by atoms with van der Waals surface area (Å²) in [7, 11) is 0. The highest BCUT2D eigenvalue weighted by Crippen LogP contribution is 2.37. The van der Waals surface area contributed by atoms with Crippen LogP contribution in [0.25, 0.3) is 33.8 Å². The van der Waals surface area contributed by atoms with E-state index in [1.165, 1.54) is 23.3 Å². The number of unbranched alkanes of at least 4 members (excludes halogenated alkanes) is 5. The van der Waals surface area contributed by atoms with Crippen LogP contribution in [0.1, 0.15) is 75.1 Å². The highest BCUT2D eigenvalue weighted by Gasteiger charge is 2.51. The fraction of sp³-hybridized carbons (Fsp3) is 0.353. The highest BCUT2D eigenvalue weighted by atomic mass is 16.7. The second kappa shape index (κ2) is 13.9. The van der Waals surface area contributed by atoms with E-state index in [2.05, 4.69) is 27.5 Å². The summed E-state index contributed by atoms with van der Waals surface area (Å²) in [5.41, 5.74) is 1.80. The molecule has 1 aliphatic rings. The van der Waals surface area contributed by atoms with Crippen molar-refractivity contribution < 1.29 is 24.4 Å². The molecule has 3 heterocycles. The molecule has 5 aromatic rings. The fourth-order valence-corrected chi connectivity index (χ4v) is 6.12. The standard InChI is InChI=1S/C34H37N7O5/c1-2-3-4-5-6-11-21-34(22-12-23-40(34)45-25-19-17-24(18-20-25)32(42)43)33(44)46-41-29-16-10-9-15-28(29)35-31(41)27-14-8-7-13-26(27)30-36-38-39-37-30/h7-10,13-20H,2-6,11-12,21-23H2,1H3,(H,42,43)(H,36,37,38,39)/t34-/m0/s1. The van der Waals surface area contributed by atoms with E-state index in [0.29, 0.717) is 58.9 Å². The number of para-hydroxylation sites is 2. The van der Waals surface area contributed by atoms with Gasteiger partial charge in [-0.1, -0.05) is 81.8 Å². The van der Waals surface area contributed by atoms with Gasteiger partial charge < -0.3 is 14.8 Å². The number of rotatable bonds is 14. The molecular formula is C34H37N7O5. The fourth-order valence-electron chi connectivity index (χ4n) is 6.12. The van der Waals surface area contributed by atoms with Crippen molar-refractivity contribution in [2.75, 3.05) is 6.54 Å². The van der Waals surface area contributed by atoms with Crippen LogP contribution in [0.15, 0.2) is 72.8 Å². The van der Waals surface area contributed by atoms with Gasteiger partial charge in [-0.05, 0) is 66.1 Å². The average Bonchev–Trinajstić information content (AvgIpc) is 3.83. The lowest BCUT2D eigenvalue weighted by Crippen LogP contribution is -2.55. The van der Waals surface area contributed by atoms with Gasteiger partial charge in [0.2, 0.25) is 0 Å². The second-order valence-electron chi connectivity index (χ2n) is 11.6. The molecule has 2 aromatic heterocycles. The summed E-state index contributed by atoms with van der Waals surface area (Å²) < 4.78 is 1.50. The molecule has 6 rings (SSSR count). The number of nitrogens with zero attached hydrogens (tertiary/aromatic N) is 6. The summed E-state index contributed by atoms with van der Waals surface area (Å²) in [6.45, 7) is 2.71. The average molecular weight is 624 g/mol. The van der Waals surface area contributed by atoms with E-state index in [9.17, 15) is 14.7 Å². The lowest BCUT2D eigenvalue weighted by atomic mass is 9.90. The Bertz CT molecular complexity index is 1790. The molecule has 3 aromatic carbocycles. The Balaban J connectivity index is 1.35. The molecule has 46 heavy (non-hydrogen) atoms. The van der Waals surface area contributed by atoms with Crippen molar-refractivity contribution in [3.05, 3.63) is 78.4 Å². The lowest BCUT2D eigenvalue weighted by molar-refractivity contribution is -0.181. The highest BCUT2D eigenvalue weighted by molar-refractivity contribution is 5.88. The zero-order valence-corrected chi connectivity index (χ0v) is 25.8. The number of nitrogens with one attached hydrogen (secondary N) is 1. The number of carbonyl (C=O) groups excluding carboxylic acids is 1. The number of aromatic amines is 1. The first-order valence-electron chi connectivity index (χ1n) is 15.8. The minimum Gasteiger partial charge on any atom is -0.478 e. The molecule has 0 aliphatic carbocycles. The molecule has 1 fully saturated rings. The molecule has 12 nitrogen and oxygen atoms in total. The van der Waals surface area contributed by atoms with Crippen molar-refractivity contribution in [2.24, 2.45) is 0 Å². The van der Waals surface area contributed by atoms with Gasteiger partial charge in [0.25, 0.3) is 0 Å². The third-order valence-electron chi connectivity index (χ3n) is 8.53. The molecule has 0 unspecified atom stereocenters. The van der Waals surface area contributed by atoms with E-state index < -0.39 is 17.5 Å². The van der Waals surface area contributed by atoms with Crippen molar-refractivity contribution in [1.82, 2.24) is 35.4 Å². The number of fused-ring (bicyclic) bond motifs is 1. The molecule has 0 spiro atoms. The van der Waals surface area contributed by atoms with Gasteiger partial charge in [0, 0.05) is 17.7 Å². The molecule has 0 saturated carbocycles. The third-order valence-corrected chi connectivity index (χ3v) is 8.53. The number of hydrogen-bond donors (Lipinski definition) is 2. The van der Waals surface area contributed by atoms with Gasteiger partial charge in [-0.3, -0.25) is 0 Å². The molecule has 2 N–H and O–H groups in total. The predicted octanol–water partition coefficient (Wildman–Crippen LogP) is 6.12. The molecule has 12 heteroatoms. The smallest absolute Gasteiger partial charge is 0.356 e. The zero-order valence-electron chi connectivity index (χ0n) is 25.8. The number of tetrazole rings is 1. The number of benzene rings is 3. The number of aromatic carboxylic acids is 1. The van der Waals surface area contributed by atoms with Crippen molar-refractivity contribution in [3.63, 3.8) is 0 Å². The van der Waals surface area contributed by atoms with Gasteiger partial charge in [-0.15, -0.1) is 10.2 Å². The van der Waals surface area contributed by atoms with Gasteiger partial charge in [-0.25, -0.2) is 19.7 Å². The lowest BCUT2D eigenvalue weighted by Gasteiger charge is -2.35. The van der Waals surface area contributed by atoms with Crippen LogP contribution in [0.2, 0.25) is 0 Å². The molecule has 238 valence electrons. The summed E-state index contributed by atoms with van der Waals surface area (Å²) in [5.74, 6) is -0.104. The summed E-state index contributed by atoms with van der Waals surface area (Å²) in [6, 6.07) is 21.3. The van der Waals surface area contributed by atoms with Crippen LogP contribution in [0.4, 0.5) is 0 Å². The van der Waals surface area contributed by atoms with Crippen LogP contribution in [-0.4, -0.2) is 64.5 Å². The Morgan fingerprint density at radius 3 is 2.43 bits per heavy atom. The van der Waals surface area contributed by atoms with Crippen molar-refractivity contribution in [2.45, 2.75) is 70.3 Å². The summed E-state index contributed by atoms with van der Waals surface area (Å²) in [5, 5.41) is 25.4. The zero-order chi connectivity index (χ0) is 31.9. The van der Waals surface area contributed by atoms with Crippen LogP contribution >= 0.6 is 0 Å². The molecular weight excluding hydrogens is 586 g/mol. The SMILES string of the molecule is CCCCCCCC[C@@]1(C(=O)On2c(-c3ccccc3-c3nnn[nH]3)nc3ccccc32)CCCN1Oc1ccc(C(=O)O)cc1. The van der Waals surface area contributed by atoms with Crippen LogP contribution in [0, 0.1) is 0 Å². The predicted molar refractivity (Wildman–Crippen MR) is 171 cm³/mol. The van der Waals surface area contributed by atoms with Crippen molar-refractivity contribution >= 4 is 23.0 Å². The Morgan fingerprint density at radius 2 is 1.67 bits per heavy atom. The monoisotopic (exact) mass is 623 g/mol. The number of carbonyl (C=O) groups is 2. The number of hydrogen-bond acceptors (Lipinski definition) is 9. The first-order valence-corrected chi connectivity index (χ1v) is 15.8. The molecule has 1 aliphatic heterocycles. The van der Waals surface area contributed by atoms with Gasteiger partial charge in [0.05, 0.1) is 11.1 Å². The van der Waals surface area contributed by atoms with E-state index in [-0.39, 0.29) is 5.56 Å². The number of aromatic nitrogens is 6. The minimum absolute atomic E-state index is 0.160. The molecule has 0 amide bonds. The number of carboxylic acid groups (broad SMARTS) is 1. The van der Waals surface area contributed by atoms with Crippen LogP contribution in [-0.2, 0) is 4.79 Å². The van der Waals surface area contributed by atoms with E-state index >= 15 is 0 Å². The summed E-state index contributed by atoms with van der Waals surface area (Å²) >= 11 is 0. The van der Waals surface area contributed by atoms with Crippen molar-refractivity contribution in [3.8, 4) is 28.5 Å². The topological polar surface area (TPSA) is 148 Å². The molecule has 1 atom stereocenters. The third kappa shape index (κ3) is 6.34. The van der Waals surface area contributed by atoms with Crippen molar-refractivity contribution in [1.29, 1.82) is 0 Å². The Labute approximate surface area is 266 Å². The van der Waals surface area contributed by atoms with E-state index in [4.69, 9.17) is 14.7 Å². The van der Waals surface area contributed by atoms with E-state index in [1.54, 1.807) is 17.2 Å². The Hall–Kier alpha value is -5.10. The normalized spacial score (nSPS) is 16.5. The summed E-state index contributed by atoms with van der Waals surface area (Å²) in [6.07, 6.45) is 8.27. The number of hydroxylamine groups is 2. The van der Waals surface area contributed by atoms with Crippen LogP contribution < -0.4 is 9.68 Å². The van der Waals surface area contributed by atoms with Crippen LogP contribution in [0.5, 0.6) is 5.75 Å².